The molecule has 1 aromatic carbocycles. The number of halogens is 1. The van der Waals surface area contributed by atoms with Gasteiger partial charge in [0.05, 0.1) is 11.9 Å². The Kier molecular flexibility index (Phi) is 4.72. The van der Waals surface area contributed by atoms with Crippen molar-refractivity contribution in [2.75, 3.05) is 11.9 Å². The van der Waals surface area contributed by atoms with E-state index >= 15 is 0 Å². The third kappa shape index (κ3) is 3.55. The lowest BCUT2D eigenvalue weighted by atomic mass is 10.0. The van der Waals surface area contributed by atoms with E-state index in [9.17, 15) is 14.0 Å². The number of fused-ring (bicyclic) bond motifs is 1. The van der Waals surface area contributed by atoms with E-state index in [1.165, 1.54) is 17.0 Å². The smallest absolute Gasteiger partial charge is 0.268 e. The lowest BCUT2D eigenvalue weighted by Gasteiger charge is -2.20. The topological polar surface area (TPSA) is 92.0 Å². The van der Waals surface area contributed by atoms with Crippen molar-refractivity contribution < 1.29 is 14.0 Å². The third-order valence-electron chi connectivity index (χ3n) is 4.87. The van der Waals surface area contributed by atoms with Crippen LogP contribution in [0, 0.1) is 5.82 Å². The maximum atomic E-state index is 13.0. The predicted molar refractivity (Wildman–Crippen MR) is 102 cm³/mol. The van der Waals surface area contributed by atoms with Crippen molar-refractivity contribution in [2.24, 2.45) is 10.2 Å². The van der Waals surface area contributed by atoms with E-state index in [4.69, 9.17) is 0 Å². The van der Waals surface area contributed by atoms with Gasteiger partial charge in [-0.05, 0) is 24.1 Å². The number of aromatic nitrogens is 2. The molecule has 0 aliphatic carbocycles. The standard InChI is InChI=1S/C19H19FN6O2/c1-25-17-6-8-21-26(17)9-7-15(19(25)28)22-18(27)16-11-14(23-24-16)10-12-2-4-13(20)5-3-12/h2-6,8,15H,7,9-11H2,1H3,(H,22,27)/t15-/m0/s1. The Morgan fingerprint density at radius 1 is 1.25 bits per heavy atom. The molecule has 0 fully saturated rings. The number of nitrogens with zero attached hydrogens (tertiary/aromatic N) is 5. The zero-order valence-corrected chi connectivity index (χ0v) is 15.3. The summed E-state index contributed by atoms with van der Waals surface area (Å²) in [7, 11) is 1.66. The van der Waals surface area contributed by atoms with E-state index in [2.05, 4.69) is 20.6 Å². The zero-order chi connectivity index (χ0) is 19.7. The van der Waals surface area contributed by atoms with Gasteiger partial charge in [0.25, 0.3) is 11.8 Å². The summed E-state index contributed by atoms with van der Waals surface area (Å²) in [6, 6.07) is 7.25. The van der Waals surface area contributed by atoms with Crippen LogP contribution < -0.4 is 10.2 Å². The summed E-state index contributed by atoms with van der Waals surface area (Å²) in [5.41, 5.74) is 1.89. The van der Waals surface area contributed by atoms with Crippen LogP contribution in [0.3, 0.4) is 0 Å². The van der Waals surface area contributed by atoms with Gasteiger partial charge < -0.3 is 5.32 Å². The minimum absolute atomic E-state index is 0.196. The molecular weight excluding hydrogens is 363 g/mol. The lowest BCUT2D eigenvalue weighted by Crippen LogP contribution is -2.48. The number of aryl methyl sites for hydroxylation is 1. The molecule has 2 aliphatic heterocycles. The number of nitrogens with one attached hydrogen (secondary N) is 1. The van der Waals surface area contributed by atoms with Gasteiger partial charge >= 0.3 is 0 Å². The number of anilines is 1. The van der Waals surface area contributed by atoms with Crippen molar-refractivity contribution in [3.63, 3.8) is 0 Å². The SMILES string of the molecule is CN1C(=O)[C@@H](NC(=O)C2=NN=C(Cc3ccc(F)cc3)C2)CCn2nccc21. The van der Waals surface area contributed by atoms with Crippen molar-refractivity contribution >= 4 is 29.1 Å². The van der Waals surface area contributed by atoms with Crippen molar-refractivity contribution in [1.29, 1.82) is 0 Å². The van der Waals surface area contributed by atoms with Gasteiger partial charge in [0.2, 0.25) is 0 Å². The first-order valence-electron chi connectivity index (χ1n) is 8.98. The molecule has 4 rings (SSSR count). The van der Waals surface area contributed by atoms with Crippen molar-refractivity contribution in [3.05, 3.63) is 47.9 Å². The Bertz CT molecular complexity index is 979. The predicted octanol–water partition coefficient (Wildman–Crippen LogP) is 1.32. The average Bonchev–Trinajstić information content (AvgIpc) is 3.33. The molecule has 0 spiro atoms. The number of hydrogen-bond donors (Lipinski definition) is 1. The van der Waals surface area contributed by atoms with Crippen LogP contribution in [-0.2, 0) is 22.6 Å². The molecular formula is C19H19FN6O2. The first-order valence-corrected chi connectivity index (χ1v) is 8.98. The highest BCUT2D eigenvalue weighted by molar-refractivity contribution is 6.43. The average molecular weight is 382 g/mol. The Morgan fingerprint density at radius 2 is 2.04 bits per heavy atom. The molecule has 8 nitrogen and oxygen atoms in total. The molecule has 3 heterocycles. The van der Waals surface area contributed by atoms with E-state index in [0.717, 1.165) is 11.3 Å². The molecule has 1 atom stereocenters. The molecule has 0 saturated heterocycles. The van der Waals surface area contributed by atoms with Crippen LogP contribution in [0.4, 0.5) is 10.2 Å². The van der Waals surface area contributed by atoms with Gasteiger partial charge in [0, 0.05) is 32.5 Å². The Labute approximate surface area is 160 Å². The number of carbonyl (C=O) groups is 2. The van der Waals surface area contributed by atoms with Crippen LogP contribution in [0.5, 0.6) is 0 Å². The molecule has 0 unspecified atom stereocenters. The van der Waals surface area contributed by atoms with Crippen LogP contribution in [0.25, 0.3) is 0 Å². The summed E-state index contributed by atoms with van der Waals surface area (Å²) in [5.74, 6) is -0.193. The molecule has 2 aromatic rings. The maximum absolute atomic E-state index is 13.0. The van der Waals surface area contributed by atoms with Gasteiger partial charge in [0.1, 0.15) is 23.4 Å². The fourth-order valence-electron chi connectivity index (χ4n) is 3.34. The van der Waals surface area contributed by atoms with Crippen LogP contribution in [0.15, 0.2) is 46.7 Å². The second-order valence-corrected chi connectivity index (χ2v) is 6.82. The van der Waals surface area contributed by atoms with E-state index in [1.807, 2.05) is 0 Å². The van der Waals surface area contributed by atoms with Gasteiger partial charge in [-0.1, -0.05) is 12.1 Å². The van der Waals surface area contributed by atoms with E-state index in [0.29, 0.717) is 31.6 Å². The molecule has 1 N–H and O–H groups in total. The number of hydrogen-bond acceptors (Lipinski definition) is 5. The van der Waals surface area contributed by atoms with Crippen LogP contribution >= 0.6 is 0 Å². The molecule has 1 aromatic heterocycles. The number of rotatable bonds is 4. The molecule has 28 heavy (non-hydrogen) atoms. The monoisotopic (exact) mass is 382 g/mol. The number of carbonyl (C=O) groups excluding carboxylic acids is 2. The minimum atomic E-state index is -0.650. The van der Waals surface area contributed by atoms with Crippen LogP contribution in [-0.4, -0.2) is 46.1 Å². The van der Waals surface area contributed by atoms with Crippen LogP contribution in [0.2, 0.25) is 0 Å². The molecule has 2 amide bonds. The van der Waals surface area contributed by atoms with E-state index in [1.54, 1.807) is 36.1 Å². The highest BCUT2D eigenvalue weighted by Gasteiger charge is 2.31. The highest BCUT2D eigenvalue weighted by atomic mass is 19.1. The third-order valence-corrected chi connectivity index (χ3v) is 4.87. The zero-order valence-electron chi connectivity index (χ0n) is 15.3. The Hall–Kier alpha value is -3.36. The fraction of sp³-hybridized carbons (Fsp3) is 0.316. The number of likely N-dealkylation sites (N-methyl/N-ethyl adjacent to an activating group) is 1. The first kappa shape index (κ1) is 18.0. The van der Waals surface area contributed by atoms with Gasteiger partial charge in [-0.25, -0.2) is 9.07 Å². The van der Waals surface area contributed by atoms with Crippen molar-refractivity contribution in [3.8, 4) is 0 Å². The summed E-state index contributed by atoms with van der Waals surface area (Å²) in [5, 5.41) is 15.0. The largest absolute Gasteiger partial charge is 0.339 e. The van der Waals surface area contributed by atoms with E-state index < -0.39 is 11.9 Å². The van der Waals surface area contributed by atoms with Gasteiger partial charge in [0.15, 0.2) is 0 Å². The van der Waals surface area contributed by atoms with Crippen molar-refractivity contribution in [2.45, 2.75) is 31.8 Å². The van der Waals surface area contributed by atoms with Gasteiger partial charge in [-0.2, -0.15) is 10.2 Å². The molecule has 144 valence electrons. The van der Waals surface area contributed by atoms with E-state index in [-0.39, 0.29) is 17.4 Å². The summed E-state index contributed by atoms with van der Waals surface area (Å²) < 4.78 is 14.7. The fourth-order valence-corrected chi connectivity index (χ4v) is 3.34. The minimum Gasteiger partial charge on any atom is -0.339 e. The molecule has 0 bridgehead atoms. The number of amides is 2. The molecule has 2 aliphatic rings. The molecule has 9 heteroatoms. The quantitative estimate of drug-likeness (QED) is 0.864. The van der Waals surface area contributed by atoms with Gasteiger partial charge in [-0.3, -0.25) is 14.5 Å². The summed E-state index contributed by atoms with van der Waals surface area (Å²) in [6.45, 7) is 0.530. The summed E-state index contributed by atoms with van der Waals surface area (Å²) in [6.07, 6.45) is 2.89. The number of benzene rings is 1. The Morgan fingerprint density at radius 3 is 2.82 bits per heavy atom. The van der Waals surface area contributed by atoms with Crippen molar-refractivity contribution in [1.82, 2.24) is 15.1 Å². The Balaban J connectivity index is 1.35. The normalized spacial score (nSPS) is 19.0. The molecule has 0 radical (unpaired) electrons. The summed E-state index contributed by atoms with van der Waals surface area (Å²) in [4.78, 5) is 26.7. The van der Waals surface area contributed by atoms with Crippen LogP contribution in [0.1, 0.15) is 18.4 Å². The second kappa shape index (κ2) is 7.34. The summed E-state index contributed by atoms with van der Waals surface area (Å²) >= 11 is 0. The highest BCUT2D eigenvalue weighted by Crippen LogP contribution is 2.19. The maximum Gasteiger partial charge on any atom is 0.268 e. The lowest BCUT2D eigenvalue weighted by molar-refractivity contribution is -0.124. The second-order valence-electron chi connectivity index (χ2n) is 6.82. The first-order chi connectivity index (χ1) is 13.5. The molecule has 0 saturated carbocycles. The van der Waals surface area contributed by atoms with Gasteiger partial charge in [-0.15, -0.1) is 5.10 Å².